The quantitative estimate of drug-likeness (QED) is 0.440. The van der Waals surface area contributed by atoms with E-state index in [2.05, 4.69) is 4.90 Å². The fourth-order valence-corrected chi connectivity index (χ4v) is 6.49. The molecule has 0 atom stereocenters. The molecule has 1 heterocycles. The molecule has 0 bridgehead atoms. The van der Waals surface area contributed by atoms with Crippen LogP contribution in [-0.2, 0) is 14.8 Å². The zero-order valence-corrected chi connectivity index (χ0v) is 18.6. The number of ether oxygens (including phenoxy) is 1. The zero-order chi connectivity index (χ0) is 20.1. The Labute approximate surface area is 173 Å². The standard InChI is InChI=1S/C21H43N3O3S/c22-13-8-3-1-2-4-9-15-24(16-10-14-23-17-19-27-20-18-23)28(25,26)21-11-6-5-7-12-21/h21H,1-20,22H2. The predicted octanol–water partition coefficient (Wildman–Crippen LogP) is 2.97. The Morgan fingerprint density at radius 2 is 1.46 bits per heavy atom. The average Bonchev–Trinajstić information content (AvgIpc) is 2.73. The number of nitrogens with zero attached hydrogens (tertiary/aromatic N) is 2. The van der Waals surface area contributed by atoms with Gasteiger partial charge in [0.15, 0.2) is 0 Å². The summed E-state index contributed by atoms with van der Waals surface area (Å²) in [6.07, 6.45) is 12.7. The Bertz CT molecular complexity index is 489. The summed E-state index contributed by atoms with van der Waals surface area (Å²) >= 11 is 0. The second kappa shape index (κ2) is 13.9. The molecule has 2 N–H and O–H groups in total. The van der Waals surface area contributed by atoms with Gasteiger partial charge in [-0.3, -0.25) is 4.90 Å². The van der Waals surface area contributed by atoms with Gasteiger partial charge < -0.3 is 10.5 Å². The summed E-state index contributed by atoms with van der Waals surface area (Å²) in [6.45, 7) is 6.65. The first kappa shape index (κ1) is 24.1. The van der Waals surface area contributed by atoms with Gasteiger partial charge in [-0.1, -0.05) is 44.9 Å². The van der Waals surface area contributed by atoms with Crippen LogP contribution in [0.2, 0.25) is 0 Å². The van der Waals surface area contributed by atoms with E-state index in [4.69, 9.17) is 10.5 Å². The number of rotatable bonds is 14. The molecule has 1 saturated heterocycles. The lowest BCUT2D eigenvalue weighted by Gasteiger charge is -2.31. The first-order chi connectivity index (χ1) is 13.6. The minimum atomic E-state index is -3.15. The van der Waals surface area contributed by atoms with E-state index in [0.717, 1.165) is 90.8 Å². The Morgan fingerprint density at radius 3 is 2.14 bits per heavy atom. The lowest BCUT2D eigenvalue weighted by molar-refractivity contribution is 0.0369. The number of sulfonamides is 1. The summed E-state index contributed by atoms with van der Waals surface area (Å²) in [5, 5.41) is -0.144. The third-order valence-corrected chi connectivity index (χ3v) is 8.58. The largest absolute Gasteiger partial charge is 0.379 e. The molecule has 1 saturated carbocycles. The molecular weight excluding hydrogens is 374 g/mol. The van der Waals surface area contributed by atoms with Crippen LogP contribution in [0.3, 0.4) is 0 Å². The van der Waals surface area contributed by atoms with Crippen LogP contribution in [0.15, 0.2) is 0 Å². The lowest BCUT2D eigenvalue weighted by Crippen LogP contribution is -2.42. The molecule has 2 aliphatic rings. The van der Waals surface area contributed by atoms with Crippen molar-refractivity contribution in [1.82, 2.24) is 9.21 Å². The van der Waals surface area contributed by atoms with Crippen molar-refractivity contribution in [2.45, 2.75) is 82.3 Å². The molecule has 2 rings (SSSR count). The summed E-state index contributed by atoms with van der Waals surface area (Å²) in [5.74, 6) is 0. The monoisotopic (exact) mass is 417 g/mol. The number of hydrogen-bond acceptors (Lipinski definition) is 5. The van der Waals surface area contributed by atoms with Gasteiger partial charge in [0.25, 0.3) is 0 Å². The predicted molar refractivity (Wildman–Crippen MR) is 116 cm³/mol. The van der Waals surface area contributed by atoms with Crippen LogP contribution in [0.25, 0.3) is 0 Å². The second-order valence-corrected chi connectivity index (χ2v) is 10.6. The summed E-state index contributed by atoms with van der Waals surface area (Å²) < 4.78 is 33.7. The summed E-state index contributed by atoms with van der Waals surface area (Å²) in [5.41, 5.74) is 5.54. The van der Waals surface area contributed by atoms with Crippen molar-refractivity contribution in [3.63, 3.8) is 0 Å². The van der Waals surface area contributed by atoms with Crippen LogP contribution in [0.4, 0.5) is 0 Å². The Kier molecular flexibility index (Phi) is 12.0. The summed E-state index contributed by atoms with van der Waals surface area (Å²) in [6, 6.07) is 0. The maximum Gasteiger partial charge on any atom is 0.216 e. The molecule has 1 aliphatic heterocycles. The molecule has 166 valence electrons. The third kappa shape index (κ3) is 8.66. The van der Waals surface area contributed by atoms with Crippen LogP contribution >= 0.6 is 0 Å². The van der Waals surface area contributed by atoms with E-state index >= 15 is 0 Å². The highest BCUT2D eigenvalue weighted by Crippen LogP contribution is 2.26. The molecule has 2 fully saturated rings. The minimum Gasteiger partial charge on any atom is -0.379 e. The molecule has 0 spiro atoms. The molecule has 7 heteroatoms. The highest BCUT2D eigenvalue weighted by Gasteiger charge is 2.32. The highest BCUT2D eigenvalue weighted by atomic mass is 32.2. The minimum absolute atomic E-state index is 0.144. The van der Waals surface area contributed by atoms with Crippen LogP contribution in [0.1, 0.15) is 77.0 Å². The van der Waals surface area contributed by atoms with E-state index in [0.29, 0.717) is 13.1 Å². The van der Waals surface area contributed by atoms with Crippen molar-refractivity contribution in [2.75, 3.05) is 52.5 Å². The number of unbranched alkanes of at least 4 members (excludes halogenated alkanes) is 5. The smallest absolute Gasteiger partial charge is 0.216 e. The molecule has 0 aromatic carbocycles. The molecule has 0 radical (unpaired) electrons. The van der Waals surface area contributed by atoms with Crippen molar-refractivity contribution in [1.29, 1.82) is 0 Å². The fourth-order valence-electron chi connectivity index (χ4n) is 4.38. The maximum absolute atomic E-state index is 13.3. The summed E-state index contributed by atoms with van der Waals surface area (Å²) in [4.78, 5) is 2.40. The lowest BCUT2D eigenvalue weighted by atomic mass is 10.0. The number of hydrogen-bond donors (Lipinski definition) is 1. The average molecular weight is 418 g/mol. The Balaban J connectivity index is 1.79. The molecular formula is C21H43N3O3S. The molecule has 0 aromatic heterocycles. The van der Waals surface area contributed by atoms with Crippen LogP contribution < -0.4 is 5.73 Å². The van der Waals surface area contributed by atoms with Crippen LogP contribution in [0, 0.1) is 0 Å². The van der Waals surface area contributed by atoms with Gasteiger partial charge in [-0.15, -0.1) is 0 Å². The third-order valence-electron chi connectivity index (χ3n) is 6.18. The SMILES string of the molecule is NCCCCCCCCN(CCCN1CCOCC1)S(=O)(=O)C1CCCCC1. The summed E-state index contributed by atoms with van der Waals surface area (Å²) in [7, 11) is -3.15. The first-order valence-corrected chi connectivity index (χ1v) is 13.1. The van der Waals surface area contributed by atoms with Crippen LogP contribution in [-0.4, -0.2) is 75.4 Å². The zero-order valence-electron chi connectivity index (χ0n) is 17.8. The number of nitrogens with two attached hydrogens (primary N) is 1. The number of morpholine rings is 1. The second-order valence-electron chi connectivity index (χ2n) is 8.42. The fraction of sp³-hybridized carbons (Fsp3) is 1.00. The van der Waals surface area contributed by atoms with E-state index in [-0.39, 0.29) is 5.25 Å². The Morgan fingerprint density at radius 1 is 0.857 bits per heavy atom. The van der Waals surface area contributed by atoms with Crippen molar-refractivity contribution < 1.29 is 13.2 Å². The molecule has 1 aliphatic carbocycles. The van der Waals surface area contributed by atoms with E-state index in [9.17, 15) is 8.42 Å². The molecule has 0 aromatic rings. The van der Waals surface area contributed by atoms with E-state index in [1.165, 1.54) is 25.7 Å². The molecule has 6 nitrogen and oxygen atoms in total. The van der Waals surface area contributed by atoms with Crippen molar-refractivity contribution in [3.05, 3.63) is 0 Å². The van der Waals surface area contributed by atoms with Crippen molar-refractivity contribution >= 4 is 10.0 Å². The van der Waals surface area contributed by atoms with Gasteiger partial charge in [0, 0.05) is 26.2 Å². The van der Waals surface area contributed by atoms with Gasteiger partial charge in [0.2, 0.25) is 10.0 Å². The van der Waals surface area contributed by atoms with Crippen LogP contribution in [0.5, 0.6) is 0 Å². The van der Waals surface area contributed by atoms with E-state index in [1.807, 2.05) is 4.31 Å². The van der Waals surface area contributed by atoms with Gasteiger partial charge in [0.05, 0.1) is 18.5 Å². The molecule has 28 heavy (non-hydrogen) atoms. The van der Waals surface area contributed by atoms with Gasteiger partial charge in [-0.2, -0.15) is 0 Å². The van der Waals surface area contributed by atoms with Crippen molar-refractivity contribution in [2.24, 2.45) is 5.73 Å². The van der Waals surface area contributed by atoms with Gasteiger partial charge in [-0.25, -0.2) is 12.7 Å². The molecule has 0 unspecified atom stereocenters. The van der Waals surface area contributed by atoms with Gasteiger partial charge in [-0.05, 0) is 45.2 Å². The van der Waals surface area contributed by atoms with Gasteiger partial charge in [0.1, 0.15) is 0 Å². The van der Waals surface area contributed by atoms with Gasteiger partial charge >= 0.3 is 0 Å². The van der Waals surface area contributed by atoms with E-state index < -0.39 is 10.0 Å². The topological polar surface area (TPSA) is 75.9 Å². The highest BCUT2D eigenvalue weighted by molar-refractivity contribution is 7.89. The normalized spacial score (nSPS) is 20.1. The maximum atomic E-state index is 13.3. The first-order valence-electron chi connectivity index (χ1n) is 11.6. The van der Waals surface area contributed by atoms with E-state index in [1.54, 1.807) is 0 Å². The molecule has 0 amide bonds. The Hall–Kier alpha value is -0.210. The van der Waals surface area contributed by atoms with Crippen molar-refractivity contribution in [3.8, 4) is 0 Å².